The zero-order chi connectivity index (χ0) is 27.5. The maximum absolute atomic E-state index is 13.4. The summed E-state index contributed by atoms with van der Waals surface area (Å²) < 4.78 is 5.83. The molecule has 0 aromatic heterocycles. The molecule has 2 aromatic carbocycles. The second-order valence-corrected chi connectivity index (χ2v) is 11.0. The average molecular weight is 533 g/mol. The molecule has 1 aliphatic heterocycles. The normalized spacial score (nSPS) is 22.3. The van der Waals surface area contributed by atoms with Gasteiger partial charge in [0.1, 0.15) is 6.61 Å². The quantitative estimate of drug-likeness (QED) is 0.353. The summed E-state index contributed by atoms with van der Waals surface area (Å²) in [5.74, 6) is -1.58. The maximum Gasteiger partial charge on any atom is 0.309 e. The van der Waals surface area contributed by atoms with Crippen LogP contribution in [0.5, 0.6) is 0 Å². The molecule has 0 unspecified atom stereocenters. The van der Waals surface area contributed by atoms with Crippen LogP contribution in [0.25, 0.3) is 0 Å². The van der Waals surface area contributed by atoms with Gasteiger partial charge in [-0.3, -0.25) is 14.4 Å². The molecule has 3 atom stereocenters. The molecule has 2 aromatic rings. The lowest BCUT2D eigenvalue weighted by Crippen LogP contribution is -2.53. The van der Waals surface area contributed by atoms with Crippen molar-refractivity contribution in [3.05, 3.63) is 83.9 Å². The second kappa shape index (κ2) is 14.1. The fourth-order valence-electron chi connectivity index (χ4n) is 5.58. The highest BCUT2D eigenvalue weighted by Gasteiger charge is 2.39. The van der Waals surface area contributed by atoms with Crippen molar-refractivity contribution in [1.29, 1.82) is 0 Å². The molecular weight excluding hydrogens is 492 g/mol. The van der Waals surface area contributed by atoms with Gasteiger partial charge in [0.05, 0.1) is 30.0 Å². The van der Waals surface area contributed by atoms with Crippen LogP contribution in [0, 0.1) is 11.8 Å². The van der Waals surface area contributed by atoms with Gasteiger partial charge in [-0.2, -0.15) is 0 Å². The van der Waals surface area contributed by atoms with Crippen molar-refractivity contribution in [3.8, 4) is 0 Å². The largest absolute Gasteiger partial charge is 0.463 e. The number of cyclic esters (lactones) is 1. The number of hydrogen-bond donors (Lipinski definition) is 3. The predicted molar refractivity (Wildman–Crippen MR) is 150 cm³/mol. The van der Waals surface area contributed by atoms with Gasteiger partial charge in [0.2, 0.25) is 11.8 Å². The third kappa shape index (κ3) is 8.52. The first-order valence-electron chi connectivity index (χ1n) is 14.1. The average Bonchev–Trinajstić information content (AvgIpc) is 3.41. The number of allylic oxidation sites excluding steroid dienone is 2. The van der Waals surface area contributed by atoms with Gasteiger partial charge in [-0.15, -0.1) is 0 Å². The minimum absolute atomic E-state index is 0.0186. The SMILES string of the molecule is O=C(C[C@H]1CC=CC[C@@H](Cc2ccccc2)C(=O)OCC2(CCCC2)NC1=O)N[C@H](CO)Cc1ccccc1. The molecule has 3 N–H and O–H groups in total. The van der Waals surface area contributed by atoms with Crippen LogP contribution < -0.4 is 10.6 Å². The summed E-state index contributed by atoms with van der Waals surface area (Å²) in [7, 11) is 0. The number of aliphatic hydroxyl groups is 1. The van der Waals surface area contributed by atoms with E-state index in [0.29, 0.717) is 25.7 Å². The molecule has 4 rings (SSSR count). The van der Waals surface area contributed by atoms with Crippen molar-refractivity contribution in [2.45, 2.75) is 69.4 Å². The molecule has 7 nitrogen and oxygen atoms in total. The van der Waals surface area contributed by atoms with E-state index in [4.69, 9.17) is 4.74 Å². The minimum Gasteiger partial charge on any atom is -0.463 e. The molecular formula is C32H40N2O5. The van der Waals surface area contributed by atoms with Crippen molar-refractivity contribution in [2.24, 2.45) is 11.8 Å². The van der Waals surface area contributed by atoms with Gasteiger partial charge < -0.3 is 20.5 Å². The zero-order valence-electron chi connectivity index (χ0n) is 22.5. The molecule has 2 aliphatic rings. The van der Waals surface area contributed by atoms with Gasteiger partial charge in [0.15, 0.2) is 0 Å². The fourth-order valence-corrected chi connectivity index (χ4v) is 5.58. The highest BCUT2D eigenvalue weighted by Crippen LogP contribution is 2.32. The van der Waals surface area contributed by atoms with E-state index < -0.39 is 17.5 Å². The summed E-state index contributed by atoms with van der Waals surface area (Å²) in [6.07, 6.45) is 9.23. The van der Waals surface area contributed by atoms with Gasteiger partial charge in [0.25, 0.3) is 0 Å². The standard InChI is InChI=1S/C32H40N2O5/c35-22-28(20-25-13-5-2-6-14-25)33-29(36)21-26-15-7-8-16-27(19-24-11-3-1-4-12-24)31(38)39-23-32(34-30(26)37)17-9-10-18-32/h1-8,11-14,26-28,35H,9-10,15-23H2,(H,33,36)(H,34,37)/t26-,27+,28+/m1/s1. The van der Waals surface area contributed by atoms with E-state index in [1.807, 2.05) is 72.8 Å². The molecule has 1 heterocycles. The van der Waals surface area contributed by atoms with Crippen molar-refractivity contribution >= 4 is 17.8 Å². The Morgan fingerprint density at radius 1 is 0.949 bits per heavy atom. The summed E-state index contributed by atoms with van der Waals surface area (Å²) in [4.78, 5) is 39.5. The molecule has 7 heteroatoms. The summed E-state index contributed by atoms with van der Waals surface area (Å²) in [6.45, 7) is -0.0379. The number of benzene rings is 2. The zero-order valence-corrected chi connectivity index (χ0v) is 22.5. The van der Waals surface area contributed by atoms with E-state index in [9.17, 15) is 19.5 Å². The first-order valence-corrected chi connectivity index (χ1v) is 14.1. The molecule has 39 heavy (non-hydrogen) atoms. The highest BCUT2D eigenvalue weighted by atomic mass is 16.5. The second-order valence-electron chi connectivity index (χ2n) is 11.0. The van der Waals surface area contributed by atoms with Crippen molar-refractivity contribution in [1.82, 2.24) is 10.6 Å². The van der Waals surface area contributed by atoms with Gasteiger partial charge in [0, 0.05) is 6.42 Å². The highest BCUT2D eigenvalue weighted by molar-refractivity contribution is 5.86. The Kier molecular flexibility index (Phi) is 10.3. The Balaban J connectivity index is 1.45. The van der Waals surface area contributed by atoms with E-state index in [2.05, 4.69) is 10.6 Å². The lowest BCUT2D eigenvalue weighted by molar-refractivity contribution is -0.152. The molecule has 0 saturated heterocycles. The number of amides is 2. The smallest absolute Gasteiger partial charge is 0.309 e. The van der Waals surface area contributed by atoms with Crippen LogP contribution in [0.4, 0.5) is 0 Å². The summed E-state index contributed by atoms with van der Waals surface area (Å²) in [6, 6.07) is 19.2. The number of ether oxygens (including phenoxy) is 1. The molecule has 0 bridgehead atoms. The Bertz CT molecular complexity index is 1110. The van der Waals surface area contributed by atoms with Crippen molar-refractivity contribution < 1.29 is 24.2 Å². The topological polar surface area (TPSA) is 105 Å². The molecule has 208 valence electrons. The lowest BCUT2D eigenvalue weighted by atomic mass is 9.92. The van der Waals surface area contributed by atoms with E-state index >= 15 is 0 Å². The summed E-state index contributed by atoms with van der Waals surface area (Å²) in [5, 5.41) is 15.9. The van der Waals surface area contributed by atoms with Crippen LogP contribution in [0.2, 0.25) is 0 Å². The number of rotatable bonds is 8. The predicted octanol–water partition coefficient (Wildman–Crippen LogP) is 3.89. The monoisotopic (exact) mass is 532 g/mol. The van der Waals surface area contributed by atoms with Crippen LogP contribution in [-0.4, -0.2) is 47.7 Å². The molecule has 1 aliphatic carbocycles. The van der Waals surface area contributed by atoms with Gasteiger partial charge in [-0.1, -0.05) is 85.7 Å². The van der Waals surface area contributed by atoms with Crippen LogP contribution in [-0.2, 0) is 32.0 Å². The lowest BCUT2D eigenvalue weighted by Gasteiger charge is -2.32. The fraction of sp³-hybridized carbons (Fsp3) is 0.469. The Hall–Kier alpha value is -3.45. The molecule has 1 fully saturated rings. The number of carbonyl (C=O) groups is 3. The maximum atomic E-state index is 13.4. The van der Waals surface area contributed by atoms with Crippen LogP contribution >= 0.6 is 0 Å². The van der Waals surface area contributed by atoms with Crippen LogP contribution in [0.3, 0.4) is 0 Å². The summed E-state index contributed by atoms with van der Waals surface area (Å²) >= 11 is 0. The number of hydrogen-bond acceptors (Lipinski definition) is 5. The first kappa shape index (κ1) is 28.6. The molecule has 1 spiro atoms. The first-order chi connectivity index (χ1) is 19.0. The summed E-state index contributed by atoms with van der Waals surface area (Å²) in [5.41, 5.74) is 1.50. The van der Waals surface area contributed by atoms with E-state index in [-0.39, 0.29) is 43.3 Å². The van der Waals surface area contributed by atoms with Gasteiger partial charge >= 0.3 is 5.97 Å². The number of nitrogens with one attached hydrogen (secondary N) is 2. The van der Waals surface area contributed by atoms with Crippen LogP contribution in [0.1, 0.15) is 56.1 Å². The Morgan fingerprint density at radius 3 is 2.21 bits per heavy atom. The van der Waals surface area contributed by atoms with Crippen molar-refractivity contribution in [3.63, 3.8) is 0 Å². The van der Waals surface area contributed by atoms with E-state index in [1.165, 1.54) is 0 Å². The van der Waals surface area contributed by atoms with Crippen molar-refractivity contribution in [2.75, 3.05) is 13.2 Å². The molecule has 0 radical (unpaired) electrons. The molecule has 2 amide bonds. The third-order valence-corrected chi connectivity index (χ3v) is 7.82. The third-order valence-electron chi connectivity index (χ3n) is 7.82. The Labute approximate surface area is 231 Å². The number of aliphatic hydroxyl groups excluding tert-OH is 1. The number of esters is 1. The Morgan fingerprint density at radius 2 is 1.56 bits per heavy atom. The van der Waals surface area contributed by atoms with Gasteiger partial charge in [-0.25, -0.2) is 0 Å². The minimum atomic E-state index is -0.595. The number of carbonyl (C=O) groups excluding carboxylic acids is 3. The van der Waals surface area contributed by atoms with E-state index in [1.54, 1.807) is 0 Å². The molecule has 1 saturated carbocycles. The van der Waals surface area contributed by atoms with Gasteiger partial charge in [-0.05, 0) is 49.7 Å². The van der Waals surface area contributed by atoms with Crippen LogP contribution in [0.15, 0.2) is 72.8 Å². The van der Waals surface area contributed by atoms with E-state index in [0.717, 1.165) is 36.8 Å².